The van der Waals surface area contributed by atoms with E-state index in [1.54, 1.807) is 0 Å². The van der Waals surface area contributed by atoms with Crippen LogP contribution in [0.25, 0.3) is 0 Å². The van der Waals surface area contributed by atoms with Crippen LogP contribution in [0.15, 0.2) is 30.3 Å². The fourth-order valence-corrected chi connectivity index (χ4v) is 2.15. The predicted molar refractivity (Wildman–Crippen MR) is 62.3 cm³/mol. The Morgan fingerprint density at radius 1 is 1.12 bits per heavy atom. The molecule has 0 bridgehead atoms. The molecular formula is C12H17BNO2+. The zero-order chi connectivity index (χ0) is 11.6. The summed E-state index contributed by atoms with van der Waals surface area (Å²) in [7, 11) is 6.23. The van der Waals surface area contributed by atoms with Gasteiger partial charge in [0.1, 0.15) is 0 Å². The molecule has 1 aliphatic rings. The lowest BCUT2D eigenvalue weighted by Crippen LogP contribution is -2.55. The highest BCUT2D eigenvalue weighted by molar-refractivity contribution is 5.97. The normalized spacial score (nSPS) is 22.9. The maximum atomic E-state index is 9.46. The van der Waals surface area contributed by atoms with Crippen LogP contribution in [0.4, 0.5) is 0 Å². The smallest absolute Gasteiger partial charge is 0.392 e. The van der Waals surface area contributed by atoms with E-state index in [1.807, 2.05) is 30.3 Å². The molecule has 0 spiro atoms. The molecule has 0 atom stereocenters. The second-order valence-electron chi connectivity index (χ2n) is 4.79. The molecule has 1 heterocycles. The van der Waals surface area contributed by atoms with Gasteiger partial charge in [-0.15, -0.1) is 0 Å². The average Bonchev–Trinajstić information content (AvgIpc) is 2.25. The minimum atomic E-state index is -1.52. The molecule has 84 valence electrons. The van der Waals surface area contributed by atoms with Crippen LogP contribution in [-0.4, -0.2) is 41.5 Å². The number of piperidine rings is 1. The van der Waals surface area contributed by atoms with Gasteiger partial charge < -0.3 is 14.6 Å². The zero-order valence-corrected chi connectivity index (χ0v) is 9.34. The summed E-state index contributed by atoms with van der Waals surface area (Å²) in [4.78, 5) is 0. The van der Waals surface area contributed by atoms with Crippen molar-refractivity contribution in [2.75, 3.05) is 13.1 Å². The van der Waals surface area contributed by atoms with Crippen LogP contribution >= 0.6 is 0 Å². The van der Waals surface area contributed by atoms with Crippen LogP contribution in [-0.2, 0) is 6.54 Å². The van der Waals surface area contributed by atoms with Crippen LogP contribution in [0.3, 0.4) is 0 Å². The van der Waals surface area contributed by atoms with E-state index in [1.165, 1.54) is 5.56 Å². The Labute approximate surface area is 97.3 Å². The van der Waals surface area contributed by atoms with Gasteiger partial charge >= 0.3 is 7.98 Å². The van der Waals surface area contributed by atoms with Gasteiger partial charge in [-0.25, -0.2) is 0 Å². The molecular weight excluding hydrogens is 201 g/mol. The van der Waals surface area contributed by atoms with Crippen molar-refractivity contribution in [3.63, 3.8) is 0 Å². The molecule has 1 aromatic carbocycles. The molecule has 1 aromatic rings. The Morgan fingerprint density at radius 3 is 2.25 bits per heavy atom. The molecule has 3 nitrogen and oxygen atoms in total. The molecule has 0 saturated carbocycles. The molecule has 1 aliphatic heterocycles. The molecule has 0 aromatic heterocycles. The van der Waals surface area contributed by atoms with E-state index < -0.39 is 5.79 Å². The van der Waals surface area contributed by atoms with Gasteiger partial charge in [-0.05, 0) is 0 Å². The molecule has 0 aliphatic carbocycles. The maximum absolute atomic E-state index is 9.46. The van der Waals surface area contributed by atoms with Crippen molar-refractivity contribution in [2.45, 2.75) is 25.2 Å². The summed E-state index contributed by atoms with van der Waals surface area (Å²) in [6.45, 7) is 1.95. The second-order valence-corrected chi connectivity index (χ2v) is 4.79. The Balaban J connectivity index is 2.00. The number of aliphatic hydroxyl groups is 2. The fraction of sp³-hybridized carbons (Fsp3) is 0.500. The van der Waals surface area contributed by atoms with E-state index in [2.05, 4.69) is 0 Å². The Kier molecular flexibility index (Phi) is 3.06. The summed E-state index contributed by atoms with van der Waals surface area (Å²) in [5.41, 5.74) is 1.19. The Bertz CT molecular complexity index is 343. The Hall–Kier alpha value is -0.835. The number of rotatable bonds is 2. The third kappa shape index (κ3) is 2.85. The lowest BCUT2D eigenvalue weighted by Gasteiger charge is -2.43. The van der Waals surface area contributed by atoms with E-state index in [-0.39, 0.29) is 0 Å². The molecule has 2 radical (unpaired) electrons. The van der Waals surface area contributed by atoms with Crippen molar-refractivity contribution in [3.05, 3.63) is 35.9 Å². The van der Waals surface area contributed by atoms with Gasteiger partial charge in [0.25, 0.3) is 0 Å². The summed E-state index contributed by atoms with van der Waals surface area (Å²) in [5, 5.41) is 18.9. The SMILES string of the molecule is [B][N+]1(Cc2ccccc2)CCC(O)(O)CC1. The van der Waals surface area contributed by atoms with Crippen molar-refractivity contribution in [3.8, 4) is 0 Å². The van der Waals surface area contributed by atoms with Gasteiger partial charge in [0.2, 0.25) is 0 Å². The number of nitrogens with zero attached hydrogens (tertiary/aromatic N) is 1. The van der Waals surface area contributed by atoms with Gasteiger partial charge in [0.05, 0.1) is 19.6 Å². The highest BCUT2D eigenvalue weighted by Crippen LogP contribution is 2.25. The first kappa shape index (κ1) is 11.6. The molecule has 2 N–H and O–H groups in total. The van der Waals surface area contributed by atoms with Gasteiger partial charge in [-0.2, -0.15) is 0 Å². The van der Waals surface area contributed by atoms with Crippen LogP contribution in [0.2, 0.25) is 0 Å². The third-order valence-corrected chi connectivity index (χ3v) is 3.26. The van der Waals surface area contributed by atoms with Gasteiger partial charge in [0.15, 0.2) is 5.79 Å². The number of quaternary nitrogens is 1. The summed E-state index contributed by atoms with van der Waals surface area (Å²) in [6.07, 6.45) is 0.687. The van der Waals surface area contributed by atoms with Gasteiger partial charge in [-0.1, -0.05) is 30.3 Å². The van der Waals surface area contributed by atoms with Crippen LogP contribution in [0, 0.1) is 0 Å². The largest absolute Gasteiger partial charge is 0.481 e. The zero-order valence-electron chi connectivity index (χ0n) is 9.34. The predicted octanol–water partition coefficient (Wildman–Crippen LogP) is 0.562. The van der Waals surface area contributed by atoms with E-state index >= 15 is 0 Å². The lowest BCUT2D eigenvalue weighted by atomic mass is 9.95. The molecule has 1 saturated heterocycles. The van der Waals surface area contributed by atoms with Crippen molar-refractivity contribution >= 4 is 7.98 Å². The topological polar surface area (TPSA) is 40.5 Å². The number of likely N-dealkylation sites (tertiary alicyclic amines) is 1. The fourth-order valence-electron chi connectivity index (χ4n) is 2.15. The number of hydrogen-bond donors (Lipinski definition) is 2. The van der Waals surface area contributed by atoms with Crippen LogP contribution < -0.4 is 0 Å². The first-order chi connectivity index (χ1) is 7.49. The van der Waals surface area contributed by atoms with Crippen molar-refractivity contribution < 1.29 is 14.6 Å². The van der Waals surface area contributed by atoms with Crippen molar-refractivity contribution in [2.24, 2.45) is 0 Å². The quantitative estimate of drug-likeness (QED) is 0.562. The summed E-state index contributed by atoms with van der Waals surface area (Å²) >= 11 is 0. The van der Waals surface area contributed by atoms with Gasteiger partial charge in [-0.3, -0.25) is 0 Å². The minimum absolute atomic E-state index is 0.344. The molecule has 0 amide bonds. The molecule has 1 fully saturated rings. The van der Waals surface area contributed by atoms with Gasteiger partial charge in [0, 0.05) is 18.4 Å². The minimum Gasteiger partial charge on any atom is -0.392 e. The molecule has 16 heavy (non-hydrogen) atoms. The first-order valence-electron chi connectivity index (χ1n) is 5.63. The van der Waals surface area contributed by atoms with E-state index in [0.29, 0.717) is 30.3 Å². The third-order valence-electron chi connectivity index (χ3n) is 3.26. The highest BCUT2D eigenvalue weighted by Gasteiger charge is 2.37. The standard InChI is InChI=1S/C12H17BNO2/c13-14(8-6-12(15,16)7-9-14)10-11-4-2-1-3-5-11/h1-5,15-16H,6-10H2/q+1. The van der Waals surface area contributed by atoms with Crippen LogP contribution in [0.1, 0.15) is 18.4 Å². The Morgan fingerprint density at radius 2 is 1.69 bits per heavy atom. The molecule has 4 heteroatoms. The number of hydrogen-bond acceptors (Lipinski definition) is 2. The van der Waals surface area contributed by atoms with Crippen molar-refractivity contribution in [1.82, 2.24) is 0 Å². The van der Waals surface area contributed by atoms with E-state index in [4.69, 9.17) is 7.98 Å². The van der Waals surface area contributed by atoms with Crippen LogP contribution in [0.5, 0.6) is 0 Å². The second kappa shape index (κ2) is 4.20. The monoisotopic (exact) mass is 218 g/mol. The summed E-state index contributed by atoms with van der Waals surface area (Å²) in [5.74, 6) is -1.52. The lowest BCUT2D eigenvalue weighted by molar-refractivity contribution is -0.841. The summed E-state index contributed by atoms with van der Waals surface area (Å²) in [6, 6.07) is 10.1. The summed E-state index contributed by atoms with van der Waals surface area (Å²) < 4.78 is 0.396. The molecule has 0 unspecified atom stereocenters. The number of benzene rings is 1. The first-order valence-corrected chi connectivity index (χ1v) is 5.63. The van der Waals surface area contributed by atoms with Crippen molar-refractivity contribution in [1.29, 1.82) is 0 Å². The van der Waals surface area contributed by atoms with E-state index in [9.17, 15) is 10.2 Å². The maximum Gasteiger partial charge on any atom is 0.481 e. The average molecular weight is 218 g/mol. The molecule has 2 rings (SSSR count). The highest BCUT2D eigenvalue weighted by atomic mass is 16.5. The van der Waals surface area contributed by atoms with E-state index in [0.717, 1.165) is 6.54 Å².